The van der Waals surface area contributed by atoms with Gasteiger partial charge in [0.25, 0.3) is 5.56 Å². The summed E-state index contributed by atoms with van der Waals surface area (Å²) >= 11 is 0. The highest BCUT2D eigenvalue weighted by Gasteiger charge is 2.45. The average Bonchev–Trinajstić information content (AvgIpc) is 2.59. The van der Waals surface area contributed by atoms with Crippen LogP contribution in [0.3, 0.4) is 0 Å². The highest BCUT2D eigenvalue weighted by atomic mass is 32.2. The van der Waals surface area contributed by atoms with Gasteiger partial charge in [0.05, 0.1) is 29.0 Å². The third-order valence-electron chi connectivity index (χ3n) is 4.52. The van der Waals surface area contributed by atoms with Crippen LogP contribution in [0.4, 0.5) is 13.2 Å². The number of nitrogens with zero attached hydrogens (tertiary/aromatic N) is 2. The van der Waals surface area contributed by atoms with Crippen LogP contribution in [-0.2, 0) is 27.3 Å². The van der Waals surface area contributed by atoms with E-state index >= 15 is 0 Å². The Kier molecular flexibility index (Phi) is 5.48. The molecular formula is C18H19F3N2O5S. The van der Waals surface area contributed by atoms with Crippen LogP contribution < -0.4 is 10.3 Å². The Hall–Kier alpha value is -2.40. The number of halogens is 3. The zero-order valence-corrected chi connectivity index (χ0v) is 16.5. The van der Waals surface area contributed by atoms with E-state index in [0.717, 1.165) is 18.2 Å². The molecule has 0 amide bonds. The van der Waals surface area contributed by atoms with Crippen molar-refractivity contribution in [1.82, 2.24) is 9.55 Å². The summed E-state index contributed by atoms with van der Waals surface area (Å²) in [6.45, 7) is 1.57. The van der Waals surface area contributed by atoms with Gasteiger partial charge in [-0.05, 0) is 18.2 Å². The molecule has 0 saturated carbocycles. The molecule has 0 aliphatic carbocycles. The fraction of sp³-hybridized carbons (Fsp3) is 0.444. The maximum Gasteiger partial charge on any atom is 0.416 e. The molecule has 0 atom stereocenters. The minimum atomic E-state index is -4.58. The minimum absolute atomic E-state index is 0.0399. The van der Waals surface area contributed by atoms with Crippen LogP contribution in [0.25, 0.3) is 11.1 Å². The van der Waals surface area contributed by atoms with Crippen LogP contribution in [0.5, 0.6) is 5.75 Å². The molecular weight excluding hydrogens is 413 g/mol. The lowest BCUT2D eigenvalue weighted by molar-refractivity contribution is -0.137. The third-order valence-corrected chi connectivity index (χ3v) is 6.79. The number of aromatic nitrogens is 2. The van der Waals surface area contributed by atoms with E-state index in [1.165, 1.54) is 24.2 Å². The highest BCUT2D eigenvalue weighted by molar-refractivity contribution is 7.92. The smallest absolute Gasteiger partial charge is 0.416 e. The largest absolute Gasteiger partial charge is 0.467 e. The van der Waals surface area contributed by atoms with Crippen molar-refractivity contribution in [3.05, 3.63) is 46.6 Å². The van der Waals surface area contributed by atoms with E-state index in [4.69, 9.17) is 9.47 Å². The summed E-state index contributed by atoms with van der Waals surface area (Å²) in [4.78, 5) is 16.9. The molecule has 0 unspecified atom stereocenters. The number of rotatable bonds is 6. The quantitative estimate of drug-likeness (QED) is 0.652. The molecule has 1 fully saturated rings. The Bertz CT molecular complexity index is 1070. The van der Waals surface area contributed by atoms with Crippen molar-refractivity contribution in [2.24, 2.45) is 5.41 Å². The summed E-state index contributed by atoms with van der Waals surface area (Å²) < 4.78 is 73.4. The molecule has 158 valence electrons. The van der Waals surface area contributed by atoms with Crippen molar-refractivity contribution < 1.29 is 31.1 Å². The lowest BCUT2D eigenvalue weighted by Crippen LogP contribution is -2.50. The van der Waals surface area contributed by atoms with Gasteiger partial charge in [-0.1, -0.05) is 6.92 Å². The molecule has 0 bridgehead atoms. The zero-order chi connectivity index (χ0) is 21.4. The molecule has 0 N–H and O–H groups in total. The maximum absolute atomic E-state index is 13.0. The SMILES string of the molecule is COCOc1cc(C(F)(F)F)ccc1-c1cncn(CC2(C)CS(=O)(=O)C2)c1=O. The number of benzene rings is 1. The molecule has 7 nitrogen and oxygen atoms in total. The van der Waals surface area contributed by atoms with Crippen LogP contribution in [0.2, 0.25) is 0 Å². The fourth-order valence-electron chi connectivity index (χ4n) is 3.43. The second-order valence-corrected chi connectivity index (χ2v) is 9.41. The van der Waals surface area contributed by atoms with Crippen molar-refractivity contribution in [2.75, 3.05) is 25.4 Å². The first-order valence-corrected chi connectivity index (χ1v) is 10.3. The minimum Gasteiger partial charge on any atom is -0.467 e. The topological polar surface area (TPSA) is 87.5 Å². The van der Waals surface area contributed by atoms with Crippen LogP contribution in [0.15, 0.2) is 35.5 Å². The predicted octanol–water partition coefficient (Wildman–Crippen LogP) is 2.35. The van der Waals surface area contributed by atoms with E-state index in [0.29, 0.717) is 0 Å². The van der Waals surface area contributed by atoms with Gasteiger partial charge in [-0.2, -0.15) is 13.2 Å². The molecule has 2 aromatic rings. The van der Waals surface area contributed by atoms with Crippen LogP contribution in [0, 0.1) is 5.41 Å². The van der Waals surface area contributed by atoms with Gasteiger partial charge >= 0.3 is 6.18 Å². The maximum atomic E-state index is 13.0. The predicted molar refractivity (Wildman–Crippen MR) is 98.2 cm³/mol. The van der Waals surface area contributed by atoms with Gasteiger partial charge in [0.1, 0.15) is 5.75 Å². The van der Waals surface area contributed by atoms with Crippen molar-refractivity contribution in [3.8, 4) is 16.9 Å². The van der Waals surface area contributed by atoms with Gasteiger partial charge in [-0.25, -0.2) is 13.4 Å². The molecule has 0 spiro atoms. The van der Waals surface area contributed by atoms with Crippen molar-refractivity contribution in [3.63, 3.8) is 0 Å². The summed E-state index contributed by atoms with van der Waals surface area (Å²) in [5.41, 5.74) is -1.86. The monoisotopic (exact) mass is 432 g/mol. The van der Waals surface area contributed by atoms with Crippen LogP contribution in [-0.4, -0.2) is 43.4 Å². The number of methoxy groups -OCH3 is 1. The Labute approximate surface area is 165 Å². The third kappa shape index (κ3) is 4.61. The Morgan fingerprint density at radius 3 is 2.52 bits per heavy atom. The van der Waals surface area contributed by atoms with Crippen LogP contribution in [0.1, 0.15) is 12.5 Å². The standard InChI is InChI=1S/C18H19F3N2O5S/c1-17(8-29(25,26)9-17)7-23-10-22-6-14(16(23)24)13-4-3-12(18(19,20)21)5-15(13)28-11-27-2/h3-6,10H,7-9,11H2,1-2H3. The molecule has 1 aromatic heterocycles. The number of alkyl halides is 3. The van der Waals surface area contributed by atoms with Gasteiger partial charge in [0.15, 0.2) is 16.6 Å². The molecule has 3 rings (SSSR count). The summed E-state index contributed by atoms with van der Waals surface area (Å²) in [7, 11) is -1.78. The Morgan fingerprint density at radius 1 is 1.24 bits per heavy atom. The second-order valence-electron chi connectivity index (χ2n) is 7.34. The molecule has 1 aliphatic heterocycles. The van der Waals surface area contributed by atoms with E-state index in [2.05, 4.69) is 4.98 Å². The molecule has 1 aliphatic rings. The molecule has 0 radical (unpaired) electrons. The van der Waals surface area contributed by atoms with Gasteiger partial charge in [0, 0.05) is 30.8 Å². The molecule has 29 heavy (non-hydrogen) atoms. The second kappa shape index (κ2) is 7.45. The lowest BCUT2D eigenvalue weighted by atomic mass is 9.94. The summed E-state index contributed by atoms with van der Waals surface area (Å²) in [6.07, 6.45) is -2.06. The van der Waals surface area contributed by atoms with E-state index in [9.17, 15) is 26.4 Å². The van der Waals surface area contributed by atoms with Crippen LogP contribution >= 0.6 is 0 Å². The number of sulfone groups is 1. The number of hydrogen-bond acceptors (Lipinski definition) is 6. The summed E-state index contributed by atoms with van der Waals surface area (Å²) in [5.74, 6) is -0.256. The fourth-order valence-corrected chi connectivity index (χ4v) is 5.65. The first-order valence-electron chi connectivity index (χ1n) is 8.52. The van der Waals surface area contributed by atoms with E-state index in [-0.39, 0.29) is 41.7 Å². The summed E-state index contributed by atoms with van der Waals surface area (Å²) in [6, 6.07) is 2.79. The average molecular weight is 432 g/mol. The Morgan fingerprint density at radius 2 is 1.93 bits per heavy atom. The highest BCUT2D eigenvalue weighted by Crippen LogP contribution is 2.37. The van der Waals surface area contributed by atoms with Gasteiger partial charge < -0.3 is 9.47 Å². The molecule has 11 heteroatoms. The van der Waals surface area contributed by atoms with Gasteiger partial charge in [-0.15, -0.1) is 0 Å². The number of hydrogen-bond donors (Lipinski definition) is 0. The van der Waals surface area contributed by atoms with E-state index in [1.54, 1.807) is 6.92 Å². The first kappa shape index (κ1) is 21.3. The van der Waals surface area contributed by atoms with Crippen molar-refractivity contribution in [1.29, 1.82) is 0 Å². The van der Waals surface area contributed by atoms with Crippen molar-refractivity contribution in [2.45, 2.75) is 19.6 Å². The van der Waals surface area contributed by atoms with E-state index in [1.807, 2.05) is 0 Å². The summed E-state index contributed by atoms with van der Waals surface area (Å²) in [5, 5.41) is 0. The van der Waals surface area contributed by atoms with E-state index < -0.39 is 32.6 Å². The van der Waals surface area contributed by atoms with Gasteiger partial charge in [0.2, 0.25) is 0 Å². The normalized spacial score (nSPS) is 17.6. The van der Waals surface area contributed by atoms with Gasteiger partial charge in [-0.3, -0.25) is 9.36 Å². The molecule has 1 aromatic carbocycles. The molecule has 2 heterocycles. The zero-order valence-electron chi connectivity index (χ0n) is 15.7. The number of ether oxygens (including phenoxy) is 2. The Balaban J connectivity index is 2.01. The van der Waals surface area contributed by atoms with Crippen molar-refractivity contribution >= 4 is 9.84 Å². The first-order chi connectivity index (χ1) is 13.4. The molecule has 1 saturated heterocycles. The lowest BCUT2D eigenvalue weighted by Gasteiger charge is -2.37.